The van der Waals surface area contributed by atoms with Gasteiger partial charge in [-0.3, -0.25) is 4.98 Å². The van der Waals surface area contributed by atoms with Gasteiger partial charge in [0, 0.05) is 27.9 Å². The maximum absolute atomic E-state index is 15.9. The number of nitrogens with zero attached hydrogens (tertiary/aromatic N) is 5. The Kier molecular flexibility index (Phi) is 8.13. The summed E-state index contributed by atoms with van der Waals surface area (Å²) in [5.74, 6) is 6.77. The zero-order valence-electron chi connectivity index (χ0n) is 22.3. The molecule has 5 aromatic rings. The first-order valence-corrected chi connectivity index (χ1v) is 13.1. The second-order valence-corrected chi connectivity index (χ2v) is 9.95. The van der Waals surface area contributed by atoms with E-state index in [1.807, 2.05) is 12.1 Å². The molecule has 0 aliphatic heterocycles. The highest BCUT2D eigenvalue weighted by Gasteiger charge is 2.58. The summed E-state index contributed by atoms with van der Waals surface area (Å²) in [6.45, 7) is -0.496. The third kappa shape index (κ3) is 6.19. The van der Waals surface area contributed by atoms with Crippen molar-refractivity contribution in [2.45, 2.75) is 24.7 Å². The zero-order valence-corrected chi connectivity index (χ0v) is 23.0. The van der Waals surface area contributed by atoms with Gasteiger partial charge in [-0.2, -0.15) is 14.0 Å². The molecule has 12 heteroatoms. The Balaban J connectivity index is 1.31. The summed E-state index contributed by atoms with van der Waals surface area (Å²) < 4.78 is 53.5. The molecule has 0 amide bonds. The Morgan fingerprint density at radius 2 is 1.63 bits per heavy atom. The van der Waals surface area contributed by atoms with Gasteiger partial charge in [0.05, 0.1) is 18.2 Å². The molecular formula is C31H22ClF3N6O2. The molecule has 5 rings (SSSR count). The van der Waals surface area contributed by atoms with Gasteiger partial charge in [-0.1, -0.05) is 41.6 Å². The van der Waals surface area contributed by atoms with Crippen LogP contribution in [0.2, 0.25) is 5.02 Å². The van der Waals surface area contributed by atoms with Crippen LogP contribution in [0.25, 0.3) is 0 Å². The monoisotopic (exact) mass is 602 g/mol. The Hall–Kier alpha value is -5.23. The minimum atomic E-state index is -4.08. The van der Waals surface area contributed by atoms with Crippen LogP contribution in [-0.2, 0) is 24.7 Å². The van der Waals surface area contributed by atoms with E-state index in [4.69, 9.17) is 27.4 Å². The van der Waals surface area contributed by atoms with Crippen molar-refractivity contribution >= 4 is 11.6 Å². The lowest BCUT2D eigenvalue weighted by atomic mass is 9.84. The van der Waals surface area contributed by atoms with Gasteiger partial charge in [-0.05, 0) is 66.2 Å². The van der Waals surface area contributed by atoms with Crippen molar-refractivity contribution in [2.24, 2.45) is 0 Å². The van der Waals surface area contributed by atoms with Crippen molar-refractivity contribution < 1.29 is 23.0 Å². The van der Waals surface area contributed by atoms with Crippen LogP contribution in [0, 0.1) is 29.0 Å². The summed E-state index contributed by atoms with van der Waals surface area (Å²) in [7, 11) is 0. The van der Waals surface area contributed by atoms with Crippen LogP contribution in [0.4, 0.5) is 13.2 Å². The zero-order chi connectivity index (χ0) is 30.6. The predicted molar refractivity (Wildman–Crippen MR) is 152 cm³/mol. The summed E-state index contributed by atoms with van der Waals surface area (Å²) in [6.07, 6.45) is 2.26. The van der Waals surface area contributed by atoms with Crippen molar-refractivity contribution in [2.75, 3.05) is 5.84 Å². The highest BCUT2D eigenvalue weighted by molar-refractivity contribution is 6.30. The van der Waals surface area contributed by atoms with Gasteiger partial charge in [0.2, 0.25) is 0 Å². The molecule has 0 aliphatic carbocycles. The third-order valence-electron chi connectivity index (χ3n) is 6.63. The molecule has 216 valence electrons. The van der Waals surface area contributed by atoms with Crippen LogP contribution in [-0.4, -0.2) is 24.8 Å². The molecule has 0 radical (unpaired) electrons. The number of benzene rings is 3. The SMILES string of the molecule is N#Cc1ccc(COc2ccc(C#Cc3ccc(C(F)(F)C(O)(Cn4cnn4N)c4ccc(Cl)cc4F)nc3)cc2)cc1. The lowest BCUT2D eigenvalue weighted by molar-refractivity contribution is -0.209. The fourth-order valence-corrected chi connectivity index (χ4v) is 4.36. The van der Waals surface area contributed by atoms with Gasteiger partial charge in [0.25, 0.3) is 0 Å². The summed E-state index contributed by atoms with van der Waals surface area (Å²) in [5, 5.41) is 23.8. The van der Waals surface area contributed by atoms with Gasteiger partial charge in [-0.25, -0.2) is 9.07 Å². The Morgan fingerprint density at radius 1 is 0.953 bits per heavy atom. The maximum Gasteiger partial charge on any atom is 0.323 e. The van der Waals surface area contributed by atoms with E-state index in [1.54, 1.807) is 36.4 Å². The number of aromatic nitrogens is 4. The van der Waals surface area contributed by atoms with Crippen molar-refractivity contribution in [1.29, 1.82) is 5.26 Å². The number of ether oxygens (including phenoxy) is 1. The first-order valence-electron chi connectivity index (χ1n) is 12.7. The fraction of sp³-hybridized carbons (Fsp3) is 0.129. The van der Waals surface area contributed by atoms with E-state index in [0.29, 0.717) is 29.0 Å². The smallest absolute Gasteiger partial charge is 0.323 e. The van der Waals surface area contributed by atoms with Crippen LogP contribution in [0.15, 0.2) is 91.4 Å². The molecule has 0 saturated carbocycles. The molecule has 1 unspecified atom stereocenters. The van der Waals surface area contributed by atoms with Crippen molar-refractivity contribution in [3.63, 3.8) is 0 Å². The average Bonchev–Trinajstić information content (AvgIpc) is 3.01. The van der Waals surface area contributed by atoms with Crippen LogP contribution in [0.3, 0.4) is 0 Å². The first-order chi connectivity index (χ1) is 20.6. The van der Waals surface area contributed by atoms with E-state index < -0.39 is 35.1 Å². The predicted octanol–water partition coefficient (Wildman–Crippen LogP) is 5.12. The minimum absolute atomic E-state index is 0.0239. The molecule has 2 heterocycles. The summed E-state index contributed by atoms with van der Waals surface area (Å²) >= 11 is 5.80. The van der Waals surface area contributed by atoms with Crippen LogP contribution in [0.1, 0.15) is 33.5 Å². The molecule has 3 aromatic carbocycles. The van der Waals surface area contributed by atoms with Crippen molar-refractivity contribution in [3.8, 4) is 23.7 Å². The molecule has 43 heavy (non-hydrogen) atoms. The second kappa shape index (κ2) is 11.9. The topological polar surface area (TPSA) is 115 Å². The molecule has 3 N–H and O–H groups in total. The van der Waals surface area contributed by atoms with E-state index >= 15 is 8.78 Å². The van der Waals surface area contributed by atoms with E-state index in [1.165, 1.54) is 12.1 Å². The van der Waals surface area contributed by atoms with Gasteiger partial charge >= 0.3 is 5.92 Å². The normalized spacial score (nSPS) is 12.6. The largest absolute Gasteiger partial charge is 0.489 e. The van der Waals surface area contributed by atoms with E-state index in [2.05, 4.69) is 28.0 Å². The van der Waals surface area contributed by atoms with Crippen LogP contribution < -0.4 is 10.6 Å². The number of hydrogen-bond acceptors (Lipinski definition) is 6. The second-order valence-electron chi connectivity index (χ2n) is 9.51. The number of hydrogen-bond donors (Lipinski definition) is 2. The van der Waals surface area contributed by atoms with Crippen LogP contribution >= 0.6 is 11.6 Å². The molecule has 8 nitrogen and oxygen atoms in total. The van der Waals surface area contributed by atoms with Crippen LogP contribution in [0.5, 0.6) is 5.75 Å². The minimum Gasteiger partial charge on any atom is -0.489 e. The summed E-state index contributed by atoms with van der Waals surface area (Å²) in [6, 6.07) is 21.5. The Morgan fingerprint density at radius 3 is 2.21 bits per heavy atom. The highest BCUT2D eigenvalue weighted by Crippen LogP contribution is 2.47. The molecule has 0 fully saturated rings. The van der Waals surface area contributed by atoms with Crippen molar-refractivity contribution in [3.05, 3.63) is 136 Å². The number of aliphatic hydroxyl groups is 1. The number of nitriles is 1. The number of alkyl halides is 2. The molecule has 0 bridgehead atoms. The van der Waals surface area contributed by atoms with Gasteiger partial charge in [-0.15, -0.1) is 10.0 Å². The quantitative estimate of drug-likeness (QED) is 0.188. The molecule has 0 aliphatic rings. The highest BCUT2D eigenvalue weighted by atomic mass is 35.5. The number of nitrogens with two attached hydrogens (primary N) is 1. The fourth-order valence-electron chi connectivity index (χ4n) is 4.20. The van der Waals surface area contributed by atoms with Gasteiger partial charge < -0.3 is 15.7 Å². The molecule has 0 spiro atoms. The average molecular weight is 603 g/mol. The lowest BCUT2D eigenvalue weighted by Crippen LogP contribution is -2.50. The number of nitrogen functional groups attached to an aromatic ring is 1. The van der Waals surface area contributed by atoms with E-state index in [-0.39, 0.29) is 5.02 Å². The molecule has 0 saturated heterocycles. The standard InChI is InChI=1S/C31H22ClF3N6O2/c32-25-10-13-27(28(33)15-25)30(42,19-40-20-39-41(40)37)31(34,35)29-14-9-23(17-38-29)4-1-21-7-11-26(12-8-21)43-18-24-5-2-22(16-36)3-6-24/h2-3,5-15,17,20,42H,18-19,37H2. The van der Waals surface area contributed by atoms with E-state index in [9.17, 15) is 9.50 Å². The Labute approximate surface area is 249 Å². The first kappa shape index (κ1) is 29.3. The van der Waals surface area contributed by atoms with Gasteiger partial charge in [0.1, 0.15) is 30.2 Å². The molecular weight excluding hydrogens is 581 g/mol. The number of pyridine rings is 1. The lowest BCUT2D eigenvalue weighted by Gasteiger charge is -2.37. The Bertz CT molecular complexity index is 1840. The molecule has 2 aromatic heterocycles. The van der Waals surface area contributed by atoms with Crippen molar-refractivity contribution in [1.82, 2.24) is 19.7 Å². The van der Waals surface area contributed by atoms with E-state index in [0.717, 1.165) is 45.9 Å². The van der Waals surface area contributed by atoms with Gasteiger partial charge in [0.15, 0.2) is 5.60 Å². The number of halogens is 4. The summed E-state index contributed by atoms with van der Waals surface area (Å²) in [5.41, 5.74) is -2.13. The molecule has 1 atom stereocenters. The third-order valence-corrected chi connectivity index (χ3v) is 6.87. The number of rotatable bonds is 8. The maximum atomic E-state index is 15.9. The summed E-state index contributed by atoms with van der Waals surface area (Å²) in [4.78, 5) is 4.60.